The molecular weight excluding hydrogens is 545 g/mol. The van der Waals surface area contributed by atoms with Crippen LogP contribution in [0.3, 0.4) is 0 Å². The number of pyridine rings is 1. The zero-order valence-corrected chi connectivity index (χ0v) is 23.3. The third-order valence-electron chi connectivity index (χ3n) is 7.39. The summed E-state index contributed by atoms with van der Waals surface area (Å²) in [6.45, 7) is 5.42. The third-order valence-corrected chi connectivity index (χ3v) is 7.78. The SMILES string of the molecule is C#Cc1ccc2c(c1)[nH]c1c2c(=O)c2cc(OC(C)C)c(-c3cccc(OS(=O)(=O)F)c3)cc2n1C1CCNCC1. The summed E-state index contributed by atoms with van der Waals surface area (Å²) in [5, 5.41) is 5.28. The maximum Gasteiger partial charge on any atom is 0.488 e. The van der Waals surface area contributed by atoms with Gasteiger partial charge in [-0.25, -0.2) is 0 Å². The van der Waals surface area contributed by atoms with E-state index in [0.717, 1.165) is 36.8 Å². The molecule has 2 N–H and O–H groups in total. The van der Waals surface area contributed by atoms with Crippen LogP contribution in [0.5, 0.6) is 11.5 Å². The largest absolute Gasteiger partial charge is 0.490 e. The smallest absolute Gasteiger partial charge is 0.488 e. The quantitative estimate of drug-likeness (QED) is 0.203. The number of nitrogens with one attached hydrogen (secondary N) is 2. The van der Waals surface area contributed by atoms with Crippen LogP contribution in [-0.2, 0) is 10.5 Å². The highest BCUT2D eigenvalue weighted by molar-refractivity contribution is 7.81. The highest BCUT2D eigenvalue weighted by Gasteiger charge is 2.25. The average molecular weight is 574 g/mol. The normalized spacial score (nSPS) is 14.6. The Morgan fingerprint density at radius 2 is 1.85 bits per heavy atom. The Morgan fingerprint density at radius 1 is 1.07 bits per heavy atom. The summed E-state index contributed by atoms with van der Waals surface area (Å²) in [5.74, 6) is 2.92. The lowest BCUT2D eigenvalue weighted by Gasteiger charge is -2.28. The first kappa shape index (κ1) is 26.9. The number of rotatable bonds is 6. The van der Waals surface area contributed by atoms with Crippen molar-refractivity contribution in [2.24, 2.45) is 0 Å². The molecule has 0 radical (unpaired) electrons. The van der Waals surface area contributed by atoms with Gasteiger partial charge in [0.2, 0.25) is 0 Å². The second kappa shape index (κ2) is 10.3. The molecule has 0 atom stereocenters. The van der Waals surface area contributed by atoms with E-state index in [9.17, 15) is 17.1 Å². The van der Waals surface area contributed by atoms with Gasteiger partial charge in [-0.1, -0.05) is 28.0 Å². The van der Waals surface area contributed by atoms with Crippen LogP contribution in [0.1, 0.15) is 38.3 Å². The van der Waals surface area contributed by atoms with Crippen LogP contribution >= 0.6 is 0 Å². The number of H-pyrrole nitrogens is 1. The summed E-state index contributed by atoms with van der Waals surface area (Å²) in [7, 11) is -5.21. The van der Waals surface area contributed by atoms with Gasteiger partial charge in [0.25, 0.3) is 0 Å². The molecule has 1 saturated heterocycles. The number of aromatic nitrogens is 2. The Bertz CT molecular complexity index is 2030. The van der Waals surface area contributed by atoms with Gasteiger partial charge in [0.15, 0.2) is 5.43 Å². The first-order valence-electron chi connectivity index (χ1n) is 13.4. The molecule has 41 heavy (non-hydrogen) atoms. The van der Waals surface area contributed by atoms with Crippen molar-refractivity contribution in [3.05, 3.63) is 70.4 Å². The number of benzene rings is 3. The predicted molar refractivity (Wildman–Crippen MR) is 159 cm³/mol. The van der Waals surface area contributed by atoms with E-state index in [2.05, 4.69) is 25.0 Å². The van der Waals surface area contributed by atoms with Crippen molar-refractivity contribution in [2.45, 2.75) is 38.8 Å². The lowest BCUT2D eigenvalue weighted by molar-refractivity contribution is 0.244. The average Bonchev–Trinajstić information content (AvgIpc) is 3.31. The minimum atomic E-state index is -5.21. The van der Waals surface area contributed by atoms with Crippen molar-refractivity contribution in [2.75, 3.05) is 13.1 Å². The van der Waals surface area contributed by atoms with Crippen molar-refractivity contribution in [3.63, 3.8) is 0 Å². The monoisotopic (exact) mass is 573 g/mol. The van der Waals surface area contributed by atoms with Crippen molar-refractivity contribution < 1.29 is 21.2 Å². The molecule has 6 rings (SSSR count). The van der Waals surface area contributed by atoms with E-state index in [4.69, 9.17) is 11.2 Å². The van der Waals surface area contributed by atoms with Crippen LogP contribution in [-0.4, -0.2) is 37.2 Å². The molecule has 1 fully saturated rings. The Balaban J connectivity index is 1.70. The van der Waals surface area contributed by atoms with E-state index in [1.807, 2.05) is 38.1 Å². The molecule has 5 aromatic rings. The van der Waals surface area contributed by atoms with Gasteiger partial charge in [0, 0.05) is 28.1 Å². The molecule has 210 valence electrons. The van der Waals surface area contributed by atoms with Gasteiger partial charge in [-0.2, -0.15) is 8.42 Å². The fraction of sp³-hybridized carbons (Fsp3) is 0.258. The van der Waals surface area contributed by atoms with E-state index in [1.165, 1.54) is 12.1 Å². The van der Waals surface area contributed by atoms with Crippen LogP contribution in [0.15, 0.2) is 59.4 Å². The molecule has 8 nitrogen and oxygen atoms in total. The summed E-state index contributed by atoms with van der Waals surface area (Å²) in [4.78, 5) is 17.7. The molecule has 10 heteroatoms. The zero-order valence-electron chi connectivity index (χ0n) is 22.5. The maximum absolute atomic E-state index is 14.2. The lowest BCUT2D eigenvalue weighted by atomic mass is 9.98. The fourth-order valence-electron chi connectivity index (χ4n) is 5.74. The molecule has 0 bridgehead atoms. The molecule has 0 aliphatic carbocycles. The Morgan fingerprint density at radius 3 is 2.56 bits per heavy atom. The number of fused-ring (bicyclic) bond motifs is 4. The van der Waals surface area contributed by atoms with Gasteiger partial charge >= 0.3 is 10.5 Å². The number of hydrogen-bond acceptors (Lipinski definition) is 6. The number of hydrogen-bond donors (Lipinski definition) is 2. The molecule has 3 aromatic carbocycles. The first-order chi connectivity index (χ1) is 19.6. The molecule has 0 unspecified atom stereocenters. The van der Waals surface area contributed by atoms with Gasteiger partial charge in [-0.3, -0.25) is 4.79 Å². The number of ether oxygens (including phenoxy) is 1. The Kier molecular flexibility index (Phi) is 6.72. The number of terminal acetylenes is 1. The predicted octanol–water partition coefficient (Wildman–Crippen LogP) is 5.59. The minimum absolute atomic E-state index is 0.0954. The topological polar surface area (TPSA) is 102 Å². The van der Waals surface area contributed by atoms with Gasteiger partial charge < -0.3 is 23.8 Å². The van der Waals surface area contributed by atoms with Crippen LogP contribution in [0.4, 0.5) is 3.89 Å². The van der Waals surface area contributed by atoms with Crippen molar-refractivity contribution in [1.29, 1.82) is 0 Å². The summed E-state index contributed by atoms with van der Waals surface area (Å²) >= 11 is 0. The van der Waals surface area contributed by atoms with E-state index in [-0.39, 0.29) is 23.3 Å². The van der Waals surface area contributed by atoms with Crippen LogP contribution in [0.25, 0.3) is 44.0 Å². The zero-order chi connectivity index (χ0) is 28.9. The van der Waals surface area contributed by atoms with Gasteiger partial charge in [0.05, 0.1) is 22.4 Å². The van der Waals surface area contributed by atoms with Crippen LogP contribution in [0, 0.1) is 12.3 Å². The Labute approximate surface area is 236 Å². The minimum Gasteiger partial charge on any atom is -0.490 e. The summed E-state index contributed by atoms with van der Waals surface area (Å²) in [6, 6.07) is 15.4. The fourth-order valence-corrected chi connectivity index (χ4v) is 6.07. The molecule has 0 spiro atoms. The summed E-state index contributed by atoms with van der Waals surface area (Å²) < 4.78 is 48.5. The maximum atomic E-state index is 14.2. The third kappa shape index (κ3) is 5.03. The molecule has 2 aromatic heterocycles. The van der Waals surface area contributed by atoms with E-state index in [0.29, 0.717) is 44.4 Å². The molecule has 3 heterocycles. The Hall–Kier alpha value is -4.33. The van der Waals surface area contributed by atoms with Crippen molar-refractivity contribution >= 4 is 43.3 Å². The van der Waals surface area contributed by atoms with E-state index >= 15 is 0 Å². The molecule has 0 amide bonds. The summed E-state index contributed by atoms with van der Waals surface area (Å²) in [6.07, 6.45) is 7.14. The van der Waals surface area contributed by atoms with Gasteiger partial charge in [-0.15, -0.1) is 6.42 Å². The number of aromatic amines is 1. The second-order valence-electron chi connectivity index (χ2n) is 10.5. The van der Waals surface area contributed by atoms with Crippen molar-refractivity contribution in [1.82, 2.24) is 14.9 Å². The number of nitrogens with zero attached hydrogens (tertiary/aromatic N) is 1. The second-order valence-corrected chi connectivity index (χ2v) is 11.4. The van der Waals surface area contributed by atoms with Crippen LogP contribution < -0.4 is 19.7 Å². The molecule has 1 aliphatic heterocycles. The standard InChI is InChI=1S/C31H28FN3O5S/c1-4-19-8-9-23-26(14-19)34-31-29(23)30(36)25-17-28(39-18(2)3)24(16-27(25)35(31)21-10-12-33-13-11-21)20-6-5-7-22(15-20)40-41(32,37)38/h1,5-9,14-18,21,33-34H,10-13H2,2-3H3. The first-order valence-corrected chi connectivity index (χ1v) is 14.7. The highest BCUT2D eigenvalue weighted by atomic mass is 32.3. The number of piperidine rings is 1. The molecular formula is C31H28FN3O5S. The molecule has 1 aliphatic rings. The van der Waals surface area contributed by atoms with Crippen molar-refractivity contribution in [3.8, 4) is 35.0 Å². The van der Waals surface area contributed by atoms with E-state index in [1.54, 1.807) is 18.2 Å². The van der Waals surface area contributed by atoms with Gasteiger partial charge in [-0.05, 0) is 81.7 Å². The van der Waals surface area contributed by atoms with Crippen LogP contribution in [0.2, 0.25) is 0 Å². The highest BCUT2D eigenvalue weighted by Crippen LogP contribution is 2.39. The molecule has 0 saturated carbocycles. The lowest BCUT2D eigenvalue weighted by Crippen LogP contribution is -2.30. The number of halogens is 1. The summed E-state index contributed by atoms with van der Waals surface area (Å²) in [5.41, 5.74) is 3.92. The van der Waals surface area contributed by atoms with Gasteiger partial charge in [0.1, 0.15) is 17.1 Å². The van der Waals surface area contributed by atoms with E-state index < -0.39 is 10.5 Å².